The van der Waals surface area contributed by atoms with Gasteiger partial charge in [0.15, 0.2) is 0 Å². The van der Waals surface area contributed by atoms with Gasteiger partial charge >= 0.3 is 0 Å². The van der Waals surface area contributed by atoms with Crippen LogP contribution in [-0.2, 0) is 16.1 Å². The Bertz CT molecular complexity index is 843. The second kappa shape index (κ2) is 7.82. The van der Waals surface area contributed by atoms with Crippen LogP contribution < -0.4 is 15.1 Å². The number of nitrogens with zero attached hydrogens (tertiary/aromatic N) is 2. The Morgan fingerprint density at radius 2 is 1.85 bits per heavy atom. The molecule has 0 bridgehead atoms. The summed E-state index contributed by atoms with van der Waals surface area (Å²) in [5.41, 5.74) is 5.32. The Balaban J connectivity index is 1.61. The largest absolute Gasteiger partial charge is 0.378 e. The Morgan fingerprint density at radius 1 is 1.15 bits per heavy atom. The summed E-state index contributed by atoms with van der Waals surface area (Å²) in [6.45, 7) is 4.96. The van der Waals surface area contributed by atoms with E-state index >= 15 is 0 Å². The lowest BCUT2D eigenvalue weighted by Crippen LogP contribution is -2.32. The molecule has 27 heavy (non-hydrogen) atoms. The van der Waals surface area contributed by atoms with E-state index in [4.69, 9.17) is 0 Å². The molecule has 1 unspecified atom stereocenters. The average Bonchev–Trinajstić information content (AvgIpc) is 3.04. The number of amides is 2. The highest BCUT2D eigenvalue weighted by Gasteiger charge is 2.35. The van der Waals surface area contributed by atoms with Crippen LogP contribution in [0.3, 0.4) is 0 Å². The van der Waals surface area contributed by atoms with Crippen molar-refractivity contribution >= 4 is 23.2 Å². The van der Waals surface area contributed by atoms with Gasteiger partial charge in [0.1, 0.15) is 0 Å². The lowest BCUT2D eigenvalue weighted by Gasteiger charge is -2.20. The van der Waals surface area contributed by atoms with Crippen molar-refractivity contribution in [2.24, 2.45) is 5.92 Å². The summed E-state index contributed by atoms with van der Waals surface area (Å²) >= 11 is 0. The summed E-state index contributed by atoms with van der Waals surface area (Å²) in [7, 11) is 3.99. The molecule has 1 fully saturated rings. The maximum absolute atomic E-state index is 12.6. The molecule has 1 atom stereocenters. The fourth-order valence-corrected chi connectivity index (χ4v) is 3.39. The third kappa shape index (κ3) is 4.13. The van der Waals surface area contributed by atoms with E-state index in [0.29, 0.717) is 13.1 Å². The van der Waals surface area contributed by atoms with Gasteiger partial charge in [-0.3, -0.25) is 9.59 Å². The van der Waals surface area contributed by atoms with Gasteiger partial charge < -0.3 is 15.1 Å². The predicted octanol–water partition coefficient (Wildman–Crippen LogP) is 3.04. The number of anilines is 2. The number of hydrogen-bond acceptors (Lipinski definition) is 3. The summed E-state index contributed by atoms with van der Waals surface area (Å²) in [6.07, 6.45) is 0.263. The van der Waals surface area contributed by atoms with Crippen LogP contribution in [-0.4, -0.2) is 32.5 Å². The first-order valence-electron chi connectivity index (χ1n) is 9.27. The molecular weight excluding hydrogens is 338 g/mol. The minimum absolute atomic E-state index is 0.0131. The normalized spacial score (nSPS) is 16.5. The first kappa shape index (κ1) is 19.0. The van der Waals surface area contributed by atoms with Crippen LogP contribution in [0.1, 0.15) is 23.1 Å². The predicted molar refractivity (Wildman–Crippen MR) is 109 cm³/mol. The molecule has 1 aliphatic heterocycles. The molecule has 142 valence electrons. The van der Waals surface area contributed by atoms with Crippen molar-refractivity contribution < 1.29 is 9.59 Å². The molecular formula is C22H27N3O2. The quantitative estimate of drug-likeness (QED) is 0.886. The molecule has 2 amide bonds. The van der Waals surface area contributed by atoms with E-state index in [-0.39, 0.29) is 24.2 Å². The average molecular weight is 365 g/mol. The minimum Gasteiger partial charge on any atom is -0.378 e. The van der Waals surface area contributed by atoms with Gasteiger partial charge in [-0.15, -0.1) is 0 Å². The Kier molecular flexibility index (Phi) is 5.49. The van der Waals surface area contributed by atoms with Crippen LogP contribution in [0.25, 0.3) is 0 Å². The summed E-state index contributed by atoms with van der Waals surface area (Å²) in [6, 6.07) is 14.0. The number of hydrogen-bond donors (Lipinski definition) is 1. The Morgan fingerprint density at radius 3 is 2.52 bits per heavy atom. The SMILES string of the molecule is Cc1cccc(N2CC(C(=O)NCc3ccc(N(C)C)cc3)CC2=O)c1C. The second-order valence-corrected chi connectivity index (χ2v) is 7.40. The zero-order valence-corrected chi connectivity index (χ0v) is 16.5. The number of aryl methyl sites for hydroxylation is 1. The van der Waals surface area contributed by atoms with E-state index in [1.165, 1.54) is 0 Å². The third-order valence-electron chi connectivity index (χ3n) is 5.28. The van der Waals surface area contributed by atoms with Crippen molar-refractivity contribution in [1.29, 1.82) is 0 Å². The zero-order chi connectivity index (χ0) is 19.6. The molecule has 2 aromatic carbocycles. The third-order valence-corrected chi connectivity index (χ3v) is 5.28. The number of nitrogens with one attached hydrogen (secondary N) is 1. The Labute approximate surface area is 161 Å². The lowest BCUT2D eigenvalue weighted by molar-refractivity contribution is -0.126. The summed E-state index contributed by atoms with van der Waals surface area (Å²) in [4.78, 5) is 28.8. The van der Waals surface area contributed by atoms with Gasteiger partial charge in [-0.05, 0) is 48.7 Å². The molecule has 1 saturated heterocycles. The molecule has 0 saturated carbocycles. The molecule has 3 rings (SSSR count). The summed E-state index contributed by atoms with van der Waals surface area (Å²) in [5.74, 6) is -0.356. The summed E-state index contributed by atoms with van der Waals surface area (Å²) in [5, 5.41) is 2.98. The molecule has 1 heterocycles. The van der Waals surface area contributed by atoms with Crippen molar-refractivity contribution in [3.05, 3.63) is 59.2 Å². The van der Waals surface area contributed by atoms with Gasteiger partial charge in [-0.25, -0.2) is 0 Å². The van der Waals surface area contributed by atoms with Gasteiger partial charge in [0, 0.05) is 45.0 Å². The van der Waals surface area contributed by atoms with E-state index < -0.39 is 0 Å². The molecule has 5 heteroatoms. The van der Waals surface area contributed by atoms with E-state index in [9.17, 15) is 9.59 Å². The van der Waals surface area contributed by atoms with E-state index in [1.54, 1.807) is 4.90 Å². The maximum atomic E-state index is 12.6. The first-order chi connectivity index (χ1) is 12.9. The zero-order valence-electron chi connectivity index (χ0n) is 16.5. The highest BCUT2D eigenvalue weighted by Crippen LogP contribution is 2.29. The van der Waals surface area contributed by atoms with Gasteiger partial charge in [-0.2, -0.15) is 0 Å². The molecule has 5 nitrogen and oxygen atoms in total. The second-order valence-electron chi connectivity index (χ2n) is 7.40. The van der Waals surface area contributed by atoms with E-state index in [0.717, 1.165) is 28.1 Å². The monoisotopic (exact) mass is 365 g/mol. The fourth-order valence-electron chi connectivity index (χ4n) is 3.39. The molecule has 0 aliphatic carbocycles. The van der Waals surface area contributed by atoms with Crippen LogP contribution in [0.4, 0.5) is 11.4 Å². The van der Waals surface area contributed by atoms with Crippen molar-refractivity contribution in [3.63, 3.8) is 0 Å². The first-order valence-corrected chi connectivity index (χ1v) is 9.27. The fraction of sp³-hybridized carbons (Fsp3) is 0.364. The topological polar surface area (TPSA) is 52.7 Å². The van der Waals surface area contributed by atoms with Crippen LogP contribution >= 0.6 is 0 Å². The van der Waals surface area contributed by atoms with Crippen molar-refractivity contribution in [1.82, 2.24) is 5.32 Å². The smallest absolute Gasteiger partial charge is 0.227 e. The highest BCUT2D eigenvalue weighted by molar-refractivity contribution is 6.00. The molecule has 2 aromatic rings. The van der Waals surface area contributed by atoms with E-state index in [2.05, 4.69) is 5.32 Å². The van der Waals surface area contributed by atoms with Gasteiger partial charge in [-0.1, -0.05) is 24.3 Å². The number of carbonyl (C=O) groups excluding carboxylic acids is 2. The summed E-state index contributed by atoms with van der Waals surface area (Å²) < 4.78 is 0. The number of carbonyl (C=O) groups is 2. The highest BCUT2D eigenvalue weighted by atomic mass is 16.2. The van der Waals surface area contributed by atoms with Gasteiger partial charge in [0.05, 0.1) is 5.92 Å². The molecule has 0 radical (unpaired) electrons. The van der Waals surface area contributed by atoms with Gasteiger partial charge in [0.25, 0.3) is 0 Å². The van der Waals surface area contributed by atoms with E-state index in [1.807, 2.05) is 75.3 Å². The van der Waals surface area contributed by atoms with Crippen LogP contribution in [0.5, 0.6) is 0 Å². The number of rotatable bonds is 5. The molecule has 0 spiro atoms. The number of benzene rings is 2. The van der Waals surface area contributed by atoms with Gasteiger partial charge in [0.2, 0.25) is 11.8 Å². The van der Waals surface area contributed by atoms with Crippen molar-refractivity contribution in [2.45, 2.75) is 26.8 Å². The molecule has 0 aromatic heterocycles. The van der Waals surface area contributed by atoms with Crippen molar-refractivity contribution in [2.75, 3.05) is 30.4 Å². The van der Waals surface area contributed by atoms with Crippen LogP contribution in [0.2, 0.25) is 0 Å². The minimum atomic E-state index is -0.307. The molecule has 1 aliphatic rings. The molecule has 1 N–H and O–H groups in total. The maximum Gasteiger partial charge on any atom is 0.227 e. The standard InChI is InChI=1S/C22H27N3O2/c1-15-6-5-7-20(16(15)2)25-14-18(12-21(25)26)22(27)23-13-17-8-10-19(11-9-17)24(3)4/h5-11,18H,12-14H2,1-4H3,(H,23,27). The van der Waals surface area contributed by atoms with Crippen molar-refractivity contribution in [3.8, 4) is 0 Å². The lowest BCUT2D eigenvalue weighted by atomic mass is 10.1. The Hall–Kier alpha value is -2.82. The van der Waals surface area contributed by atoms with Crippen LogP contribution in [0.15, 0.2) is 42.5 Å². The van der Waals surface area contributed by atoms with Crippen LogP contribution in [0, 0.1) is 19.8 Å².